The Kier molecular flexibility index (Phi) is 4.32. The fourth-order valence-electron chi connectivity index (χ4n) is 2.25. The van der Waals surface area contributed by atoms with Gasteiger partial charge in [0.25, 0.3) is 11.1 Å². The summed E-state index contributed by atoms with van der Waals surface area (Å²) in [5.41, 5.74) is 0.515. The molecule has 0 aliphatic carbocycles. The van der Waals surface area contributed by atoms with E-state index in [-0.39, 0.29) is 10.5 Å². The molecule has 2 amide bonds. The molecule has 9 heteroatoms. The van der Waals surface area contributed by atoms with Gasteiger partial charge in [-0.05, 0) is 36.5 Å². The molecular weight excluding hydrogens is 326 g/mol. The molecule has 22 heavy (non-hydrogen) atoms. The number of hydrogen-bond acceptors (Lipinski definition) is 7. The Morgan fingerprint density at radius 3 is 2.64 bits per heavy atom. The van der Waals surface area contributed by atoms with E-state index in [1.807, 2.05) is 0 Å². The van der Waals surface area contributed by atoms with Gasteiger partial charge in [-0.15, -0.1) is 0 Å². The highest BCUT2D eigenvalue weighted by Gasteiger charge is 2.25. The first-order valence-corrected chi connectivity index (χ1v) is 7.93. The summed E-state index contributed by atoms with van der Waals surface area (Å²) in [5, 5.41) is 1.95. The summed E-state index contributed by atoms with van der Waals surface area (Å²) < 4.78 is 0. The molecule has 2 saturated heterocycles. The van der Waals surface area contributed by atoms with E-state index in [0.29, 0.717) is 10.6 Å². The number of carbonyl (C=O) groups excluding carboxylic acids is 2. The summed E-state index contributed by atoms with van der Waals surface area (Å²) in [6.07, 6.45) is 1.55. The minimum atomic E-state index is -0.411. The van der Waals surface area contributed by atoms with Crippen LogP contribution in [0.5, 0.6) is 0 Å². The van der Waals surface area contributed by atoms with Gasteiger partial charge in [0.05, 0.1) is 10.6 Å². The van der Waals surface area contributed by atoms with Crippen molar-refractivity contribution in [3.05, 3.63) is 21.9 Å². The molecule has 2 aliphatic heterocycles. The van der Waals surface area contributed by atoms with Crippen LogP contribution >= 0.6 is 23.4 Å². The molecule has 1 aromatic rings. The molecule has 0 atom stereocenters. The third kappa shape index (κ3) is 3.40. The van der Waals surface area contributed by atoms with E-state index in [1.165, 1.54) is 0 Å². The summed E-state index contributed by atoms with van der Waals surface area (Å²) in [6.45, 7) is 3.61. The van der Waals surface area contributed by atoms with Gasteiger partial charge in [0, 0.05) is 32.2 Å². The molecule has 1 aromatic heterocycles. The fraction of sp³-hybridized carbons (Fsp3) is 0.385. The molecule has 1 N–H and O–H groups in total. The molecule has 116 valence electrons. The van der Waals surface area contributed by atoms with E-state index in [0.717, 1.165) is 43.8 Å². The highest BCUT2D eigenvalue weighted by molar-refractivity contribution is 8.18. The number of imide groups is 1. The van der Waals surface area contributed by atoms with E-state index < -0.39 is 5.91 Å². The summed E-state index contributed by atoms with van der Waals surface area (Å²) >= 11 is 6.84. The van der Waals surface area contributed by atoms with Gasteiger partial charge in [-0.25, -0.2) is 9.97 Å². The predicted molar refractivity (Wildman–Crippen MR) is 85.9 cm³/mol. The number of amides is 2. The summed E-state index contributed by atoms with van der Waals surface area (Å²) in [4.78, 5) is 35.8. The van der Waals surface area contributed by atoms with E-state index in [2.05, 4.69) is 32.1 Å². The Morgan fingerprint density at radius 2 is 2.00 bits per heavy atom. The fourth-order valence-corrected chi connectivity index (χ4v) is 3.10. The maximum Gasteiger partial charge on any atom is 0.290 e. The van der Waals surface area contributed by atoms with Crippen molar-refractivity contribution in [2.45, 2.75) is 0 Å². The van der Waals surface area contributed by atoms with E-state index >= 15 is 0 Å². The number of anilines is 1. The molecule has 0 saturated carbocycles. The van der Waals surface area contributed by atoms with Crippen LogP contribution in [0.2, 0.25) is 5.28 Å². The number of nitrogens with one attached hydrogen (secondary N) is 1. The quantitative estimate of drug-likeness (QED) is 0.640. The summed E-state index contributed by atoms with van der Waals surface area (Å²) in [7, 11) is 2.08. The number of rotatable bonds is 2. The highest BCUT2D eigenvalue weighted by Crippen LogP contribution is 2.26. The summed E-state index contributed by atoms with van der Waals surface area (Å²) in [5.74, 6) is 0.320. The lowest BCUT2D eigenvalue weighted by Crippen LogP contribution is -2.44. The SMILES string of the molecule is CN1CCN(c2cc(/C=C3\SC(=O)NC3=O)nc(Cl)n2)CC1. The lowest BCUT2D eigenvalue weighted by atomic mass is 10.3. The number of likely N-dealkylation sites (N-methyl/N-ethyl adjacent to an activating group) is 1. The first-order valence-electron chi connectivity index (χ1n) is 6.74. The normalized spacial score (nSPS) is 21.5. The zero-order chi connectivity index (χ0) is 15.7. The van der Waals surface area contributed by atoms with Crippen LogP contribution in [0.15, 0.2) is 11.0 Å². The van der Waals surface area contributed by atoms with Crippen LogP contribution in [0.3, 0.4) is 0 Å². The monoisotopic (exact) mass is 339 g/mol. The average molecular weight is 340 g/mol. The highest BCUT2D eigenvalue weighted by atomic mass is 35.5. The minimum Gasteiger partial charge on any atom is -0.354 e. The minimum absolute atomic E-state index is 0.123. The van der Waals surface area contributed by atoms with Crippen molar-refractivity contribution in [2.24, 2.45) is 0 Å². The molecule has 3 rings (SSSR count). The Balaban J connectivity index is 1.85. The number of piperazine rings is 1. The van der Waals surface area contributed by atoms with E-state index in [4.69, 9.17) is 11.6 Å². The van der Waals surface area contributed by atoms with Crippen molar-refractivity contribution in [2.75, 3.05) is 38.1 Å². The Bertz CT molecular complexity index is 658. The average Bonchev–Trinajstić information content (AvgIpc) is 2.77. The first-order chi connectivity index (χ1) is 10.5. The van der Waals surface area contributed by atoms with Gasteiger partial charge in [0.2, 0.25) is 5.28 Å². The Labute approximate surface area is 136 Å². The van der Waals surface area contributed by atoms with Gasteiger partial charge in [-0.2, -0.15) is 0 Å². The zero-order valence-electron chi connectivity index (χ0n) is 11.9. The van der Waals surface area contributed by atoms with Crippen molar-refractivity contribution in [1.82, 2.24) is 20.2 Å². The smallest absolute Gasteiger partial charge is 0.290 e. The number of halogens is 1. The number of hydrogen-bond donors (Lipinski definition) is 1. The molecule has 0 unspecified atom stereocenters. The van der Waals surface area contributed by atoms with Gasteiger partial charge in [-0.1, -0.05) is 0 Å². The van der Waals surface area contributed by atoms with Crippen molar-refractivity contribution in [3.8, 4) is 0 Å². The van der Waals surface area contributed by atoms with Gasteiger partial charge < -0.3 is 9.80 Å². The lowest BCUT2D eigenvalue weighted by Gasteiger charge is -2.33. The second-order valence-corrected chi connectivity index (χ2v) is 6.42. The van der Waals surface area contributed by atoms with Crippen LogP contribution in [0, 0.1) is 0 Å². The molecule has 0 spiro atoms. The standard InChI is InChI=1S/C13H14ClN5O2S/c1-18-2-4-19(5-3-18)10-7-8(15-12(14)16-10)6-9-11(20)17-13(21)22-9/h6-7H,2-5H2,1H3,(H,17,20,21)/b9-6-. The van der Waals surface area contributed by atoms with Crippen LogP contribution in [0.4, 0.5) is 10.6 Å². The number of thioether (sulfide) groups is 1. The second kappa shape index (κ2) is 6.23. The lowest BCUT2D eigenvalue weighted by molar-refractivity contribution is -0.115. The molecule has 0 aromatic carbocycles. The van der Waals surface area contributed by atoms with Crippen LogP contribution in [0.25, 0.3) is 6.08 Å². The molecule has 0 bridgehead atoms. The summed E-state index contributed by atoms with van der Waals surface area (Å²) in [6, 6.07) is 1.78. The van der Waals surface area contributed by atoms with Crippen LogP contribution in [-0.4, -0.2) is 59.2 Å². The molecule has 2 fully saturated rings. The Morgan fingerprint density at radius 1 is 1.27 bits per heavy atom. The van der Waals surface area contributed by atoms with Gasteiger partial charge in [0.15, 0.2) is 0 Å². The van der Waals surface area contributed by atoms with Gasteiger partial charge in [-0.3, -0.25) is 14.9 Å². The van der Waals surface area contributed by atoms with E-state index in [1.54, 1.807) is 12.1 Å². The van der Waals surface area contributed by atoms with Crippen molar-refractivity contribution in [3.63, 3.8) is 0 Å². The number of nitrogens with zero attached hydrogens (tertiary/aromatic N) is 4. The first kappa shape index (κ1) is 15.3. The maximum absolute atomic E-state index is 11.6. The van der Waals surface area contributed by atoms with Crippen molar-refractivity contribution in [1.29, 1.82) is 0 Å². The predicted octanol–water partition coefficient (Wildman–Crippen LogP) is 1.21. The Hall–Kier alpha value is -1.64. The van der Waals surface area contributed by atoms with Gasteiger partial charge in [0.1, 0.15) is 5.82 Å². The molecular formula is C13H14ClN5O2S. The van der Waals surface area contributed by atoms with E-state index in [9.17, 15) is 9.59 Å². The molecule has 2 aliphatic rings. The van der Waals surface area contributed by atoms with Crippen LogP contribution in [0.1, 0.15) is 5.69 Å². The van der Waals surface area contributed by atoms with Crippen molar-refractivity contribution < 1.29 is 9.59 Å². The topological polar surface area (TPSA) is 78.4 Å². The largest absolute Gasteiger partial charge is 0.354 e. The zero-order valence-corrected chi connectivity index (χ0v) is 13.4. The molecule has 7 nitrogen and oxygen atoms in total. The number of aromatic nitrogens is 2. The second-order valence-electron chi connectivity index (χ2n) is 5.06. The maximum atomic E-state index is 11.6. The van der Waals surface area contributed by atoms with Crippen LogP contribution in [-0.2, 0) is 4.79 Å². The van der Waals surface area contributed by atoms with Crippen LogP contribution < -0.4 is 10.2 Å². The molecule has 3 heterocycles. The van der Waals surface area contributed by atoms with Crippen molar-refractivity contribution >= 4 is 46.4 Å². The third-order valence-corrected chi connectivity index (χ3v) is 4.43. The number of carbonyl (C=O) groups is 2. The third-order valence-electron chi connectivity index (χ3n) is 3.45. The molecule has 0 radical (unpaired) electrons. The van der Waals surface area contributed by atoms with Gasteiger partial charge >= 0.3 is 0 Å².